The molecule has 0 aromatic heterocycles. The van der Waals surface area contributed by atoms with Gasteiger partial charge in [0, 0.05) is 30.3 Å². The summed E-state index contributed by atoms with van der Waals surface area (Å²) in [5, 5.41) is 0. The van der Waals surface area contributed by atoms with E-state index in [1.165, 1.54) is 11.4 Å². The lowest BCUT2D eigenvalue weighted by molar-refractivity contribution is 0.272. The van der Waals surface area contributed by atoms with Gasteiger partial charge in [-0.3, -0.25) is 0 Å². The predicted molar refractivity (Wildman–Crippen MR) is 53.1 cm³/mol. The first-order chi connectivity index (χ1) is 5.91. The third kappa shape index (κ3) is 3.09. The van der Waals surface area contributed by atoms with Crippen molar-refractivity contribution in [1.29, 1.82) is 0 Å². The molecule has 1 aliphatic heterocycles. The molecular formula is C7H15ClN2O2S. The van der Waals surface area contributed by atoms with E-state index < -0.39 is 9.24 Å². The van der Waals surface area contributed by atoms with Crippen LogP contribution in [0.25, 0.3) is 0 Å². The first-order valence-corrected chi connectivity index (χ1v) is 6.54. The molecule has 13 heavy (non-hydrogen) atoms. The topological polar surface area (TPSA) is 40.6 Å². The van der Waals surface area contributed by atoms with Crippen molar-refractivity contribution in [2.45, 2.75) is 18.9 Å². The molecule has 1 fully saturated rings. The summed E-state index contributed by atoms with van der Waals surface area (Å²) in [6.45, 7) is 1.53. The van der Waals surface area contributed by atoms with Crippen LogP contribution in [0, 0.1) is 0 Å². The summed E-state index contributed by atoms with van der Waals surface area (Å²) in [4.78, 5) is 2.17. The average molecular weight is 227 g/mol. The fourth-order valence-corrected chi connectivity index (χ4v) is 2.11. The van der Waals surface area contributed by atoms with Crippen molar-refractivity contribution in [1.82, 2.24) is 9.21 Å². The molecule has 1 unspecified atom stereocenters. The summed E-state index contributed by atoms with van der Waals surface area (Å²) in [5.41, 5.74) is 0. The molecule has 1 saturated heterocycles. The summed E-state index contributed by atoms with van der Waals surface area (Å²) in [7, 11) is 5.17. The highest BCUT2D eigenvalue weighted by Gasteiger charge is 2.25. The Kier molecular flexibility index (Phi) is 3.57. The second-order valence-corrected chi connectivity index (χ2v) is 6.12. The summed E-state index contributed by atoms with van der Waals surface area (Å²) >= 11 is 0. The van der Waals surface area contributed by atoms with E-state index in [0.717, 1.165) is 19.4 Å². The Morgan fingerprint density at radius 3 is 2.62 bits per heavy atom. The SMILES string of the molecule is CN1CCCC1CN(C)S(=O)(=O)Cl. The van der Waals surface area contributed by atoms with Gasteiger partial charge in [-0.1, -0.05) is 0 Å². The van der Waals surface area contributed by atoms with Gasteiger partial charge < -0.3 is 4.90 Å². The number of likely N-dealkylation sites (tertiary alicyclic amines) is 1. The number of hydrogen-bond acceptors (Lipinski definition) is 3. The smallest absolute Gasteiger partial charge is 0.299 e. The van der Waals surface area contributed by atoms with Crippen LogP contribution in [0.3, 0.4) is 0 Å². The van der Waals surface area contributed by atoms with Gasteiger partial charge in [0.2, 0.25) is 0 Å². The van der Waals surface area contributed by atoms with E-state index in [2.05, 4.69) is 4.90 Å². The van der Waals surface area contributed by atoms with Gasteiger partial charge in [0.05, 0.1) is 0 Å². The Morgan fingerprint density at radius 2 is 2.23 bits per heavy atom. The van der Waals surface area contributed by atoms with Crippen LogP contribution < -0.4 is 0 Å². The van der Waals surface area contributed by atoms with Crippen molar-refractivity contribution in [2.24, 2.45) is 0 Å². The normalized spacial score (nSPS) is 25.7. The van der Waals surface area contributed by atoms with Crippen molar-refractivity contribution >= 4 is 19.9 Å². The Hall–Kier alpha value is 0.160. The monoisotopic (exact) mass is 226 g/mol. The van der Waals surface area contributed by atoms with Crippen molar-refractivity contribution in [2.75, 3.05) is 27.2 Å². The first-order valence-electron chi connectivity index (χ1n) is 4.27. The molecule has 6 heteroatoms. The van der Waals surface area contributed by atoms with Crippen molar-refractivity contribution < 1.29 is 8.42 Å². The molecule has 1 atom stereocenters. The van der Waals surface area contributed by atoms with Gasteiger partial charge in [-0.15, -0.1) is 0 Å². The van der Waals surface area contributed by atoms with Gasteiger partial charge in [0.15, 0.2) is 0 Å². The van der Waals surface area contributed by atoms with Gasteiger partial charge >= 0.3 is 0 Å². The number of rotatable bonds is 3. The molecular weight excluding hydrogens is 212 g/mol. The van der Waals surface area contributed by atoms with Crippen molar-refractivity contribution in [3.05, 3.63) is 0 Å². The van der Waals surface area contributed by atoms with Crippen LogP contribution in [0.2, 0.25) is 0 Å². The van der Waals surface area contributed by atoms with E-state index in [0.29, 0.717) is 12.6 Å². The Bertz CT molecular complexity index is 268. The molecule has 0 aromatic carbocycles. The Labute approximate surface area is 84.0 Å². The zero-order valence-electron chi connectivity index (χ0n) is 7.90. The highest BCUT2D eigenvalue weighted by atomic mass is 35.7. The van der Waals surface area contributed by atoms with Crippen LogP contribution in [0.4, 0.5) is 0 Å². The van der Waals surface area contributed by atoms with Gasteiger partial charge in [-0.05, 0) is 26.4 Å². The second-order valence-electron chi connectivity index (χ2n) is 3.50. The van der Waals surface area contributed by atoms with Crippen LogP contribution in [0.5, 0.6) is 0 Å². The molecule has 4 nitrogen and oxygen atoms in total. The first kappa shape index (κ1) is 11.2. The summed E-state index contributed by atoms with van der Waals surface area (Å²) in [5.74, 6) is 0. The zero-order valence-corrected chi connectivity index (χ0v) is 9.48. The molecule has 0 radical (unpaired) electrons. The fraction of sp³-hybridized carbons (Fsp3) is 1.00. The lowest BCUT2D eigenvalue weighted by Crippen LogP contribution is -2.37. The Morgan fingerprint density at radius 1 is 1.62 bits per heavy atom. The lowest BCUT2D eigenvalue weighted by Gasteiger charge is -2.23. The Balaban J connectivity index is 2.49. The second kappa shape index (κ2) is 4.13. The average Bonchev–Trinajstić information content (AvgIpc) is 2.34. The third-order valence-electron chi connectivity index (χ3n) is 2.51. The maximum atomic E-state index is 10.9. The van der Waals surface area contributed by atoms with Gasteiger partial charge in [0.1, 0.15) is 0 Å². The largest absolute Gasteiger partial charge is 0.302 e. The van der Waals surface area contributed by atoms with E-state index in [4.69, 9.17) is 10.7 Å². The molecule has 0 aliphatic carbocycles. The van der Waals surface area contributed by atoms with Gasteiger partial charge in [-0.25, -0.2) is 0 Å². The minimum atomic E-state index is -3.53. The molecule has 0 aromatic rings. The van der Waals surface area contributed by atoms with Gasteiger partial charge in [-0.2, -0.15) is 12.7 Å². The van der Waals surface area contributed by atoms with E-state index in [-0.39, 0.29) is 0 Å². The molecule has 0 amide bonds. The quantitative estimate of drug-likeness (QED) is 0.658. The van der Waals surface area contributed by atoms with E-state index in [9.17, 15) is 8.42 Å². The fourth-order valence-electron chi connectivity index (χ4n) is 1.60. The summed E-state index contributed by atoms with van der Waals surface area (Å²) in [6, 6.07) is 0.318. The summed E-state index contributed by atoms with van der Waals surface area (Å²) < 4.78 is 23.0. The number of hydrogen-bond donors (Lipinski definition) is 0. The standard InChI is InChI=1S/C7H15ClN2O2S/c1-9-5-3-4-7(9)6-10(2)13(8,11)12/h7H,3-6H2,1-2H3. The number of likely N-dealkylation sites (N-methyl/N-ethyl adjacent to an activating group) is 2. The van der Waals surface area contributed by atoms with E-state index in [1.807, 2.05) is 7.05 Å². The van der Waals surface area contributed by atoms with Crippen molar-refractivity contribution in [3.8, 4) is 0 Å². The lowest BCUT2D eigenvalue weighted by atomic mass is 10.2. The zero-order chi connectivity index (χ0) is 10.1. The van der Waals surface area contributed by atoms with E-state index in [1.54, 1.807) is 0 Å². The molecule has 0 N–H and O–H groups in total. The van der Waals surface area contributed by atoms with Gasteiger partial charge in [0.25, 0.3) is 9.24 Å². The predicted octanol–water partition coefficient (Wildman–Crippen LogP) is 0.496. The minimum Gasteiger partial charge on any atom is -0.302 e. The molecule has 1 rings (SSSR count). The third-order valence-corrected chi connectivity index (χ3v) is 4.11. The van der Waals surface area contributed by atoms with E-state index >= 15 is 0 Å². The minimum absolute atomic E-state index is 0.318. The number of halogens is 1. The molecule has 78 valence electrons. The molecule has 0 saturated carbocycles. The van der Waals surface area contributed by atoms with Crippen LogP contribution in [-0.4, -0.2) is 50.8 Å². The molecule has 0 spiro atoms. The highest BCUT2D eigenvalue weighted by molar-refractivity contribution is 8.11. The van der Waals surface area contributed by atoms with Crippen LogP contribution >= 0.6 is 10.7 Å². The van der Waals surface area contributed by atoms with Crippen molar-refractivity contribution in [3.63, 3.8) is 0 Å². The summed E-state index contributed by atoms with van der Waals surface area (Å²) in [6.07, 6.45) is 2.19. The van der Waals surface area contributed by atoms with Crippen LogP contribution in [0.15, 0.2) is 0 Å². The maximum Gasteiger partial charge on any atom is 0.299 e. The molecule has 0 bridgehead atoms. The van der Waals surface area contributed by atoms with Crippen LogP contribution in [0.1, 0.15) is 12.8 Å². The van der Waals surface area contributed by atoms with Crippen LogP contribution in [-0.2, 0) is 9.24 Å². The number of nitrogens with zero attached hydrogens (tertiary/aromatic N) is 2. The molecule has 1 aliphatic rings. The molecule has 1 heterocycles. The maximum absolute atomic E-state index is 10.9. The highest BCUT2D eigenvalue weighted by Crippen LogP contribution is 2.17.